The maximum atomic E-state index is 12.8. The lowest BCUT2D eigenvalue weighted by Gasteiger charge is -2.20. The van der Waals surface area contributed by atoms with Crippen molar-refractivity contribution in [3.05, 3.63) is 0 Å². The van der Waals surface area contributed by atoms with Gasteiger partial charge >= 0.3 is 12.1 Å². The molecule has 2 fully saturated rings. The average Bonchev–Trinajstić information content (AvgIpc) is 2.93. The molecule has 0 bridgehead atoms. The van der Waals surface area contributed by atoms with Crippen LogP contribution in [0.4, 0.5) is 13.2 Å². The normalized spacial score (nSPS) is 30.4. The maximum Gasteiger partial charge on any atom is 0.394 e. The fourth-order valence-corrected chi connectivity index (χ4v) is 2.60. The van der Waals surface area contributed by atoms with Crippen LogP contribution in [0.15, 0.2) is 0 Å². The lowest BCUT2D eigenvalue weighted by molar-refractivity contribution is -0.188. The molecule has 2 heterocycles. The second kappa shape index (κ2) is 4.95. The fourth-order valence-electron chi connectivity index (χ4n) is 2.60. The van der Waals surface area contributed by atoms with E-state index in [-0.39, 0.29) is 18.9 Å². The van der Waals surface area contributed by atoms with Crippen LogP contribution in [0.1, 0.15) is 6.42 Å². The molecule has 2 saturated heterocycles. The van der Waals surface area contributed by atoms with Gasteiger partial charge in [0.15, 0.2) is 0 Å². The number of carbonyl (C=O) groups excluding carboxylic acids is 2. The summed E-state index contributed by atoms with van der Waals surface area (Å²) in [7, 11) is 0. The van der Waals surface area contributed by atoms with E-state index in [2.05, 4.69) is 5.32 Å². The zero-order valence-electron chi connectivity index (χ0n) is 10.3. The van der Waals surface area contributed by atoms with Gasteiger partial charge in [-0.1, -0.05) is 0 Å². The van der Waals surface area contributed by atoms with Crippen LogP contribution in [-0.4, -0.2) is 53.6 Å². The highest BCUT2D eigenvalue weighted by atomic mass is 19.4. The van der Waals surface area contributed by atoms with Crippen molar-refractivity contribution in [1.29, 1.82) is 0 Å². The summed E-state index contributed by atoms with van der Waals surface area (Å²) in [4.78, 5) is 34.8. The number of nitrogens with zero attached hydrogens (tertiary/aromatic N) is 1. The highest BCUT2D eigenvalue weighted by Crippen LogP contribution is 2.38. The Morgan fingerprint density at radius 1 is 1.30 bits per heavy atom. The Morgan fingerprint density at radius 2 is 1.95 bits per heavy atom. The maximum absolute atomic E-state index is 12.8. The van der Waals surface area contributed by atoms with Crippen molar-refractivity contribution in [2.75, 3.05) is 19.6 Å². The van der Waals surface area contributed by atoms with Crippen LogP contribution in [0.25, 0.3) is 0 Å². The molecule has 0 aromatic heterocycles. The smallest absolute Gasteiger partial charge is 0.394 e. The largest absolute Gasteiger partial charge is 0.481 e. The molecule has 0 spiro atoms. The summed E-state index contributed by atoms with van der Waals surface area (Å²) in [5.41, 5.74) is 0. The van der Waals surface area contributed by atoms with Crippen LogP contribution >= 0.6 is 0 Å². The first-order valence-corrected chi connectivity index (χ1v) is 6.05. The van der Waals surface area contributed by atoms with E-state index in [0.29, 0.717) is 0 Å². The highest BCUT2D eigenvalue weighted by molar-refractivity contribution is 5.89. The van der Waals surface area contributed by atoms with Gasteiger partial charge in [0.1, 0.15) is 0 Å². The molecule has 2 aliphatic rings. The lowest BCUT2D eigenvalue weighted by atomic mass is 9.96. The molecule has 0 aromatic rings. The van der Waals surface area contributed by atoms with Gasteiger partial charge < -0.3 is 15.3 Å². The van der Waals surface area contributed by atoms with Gasteiger partial charge in [0.25, 0.3) is 0 Å². The van der Waals surface area contributed by atoms with Gasteiger partial charge in [0.2, 0.25) is 11.8 Å². The monoisotopic (exact) mass is 294 g/mol. The lowest BCUT2D eigenvalue weighted by Crippen LogP contribution is -2.36. The first-order valence-electron chi connectivity index (χ1n) is 6.05. The van der Waals surface area contributed by atoms with Crippen LogP contribution in [0.2, 0.25) is 0 Å². The minimum atomic E-state index is -4.66. The summed E-state index contributed by atoms with van der Waals surface area (Å²) < 4.78 is 38.3. The van der Waals surface area contributed by atoms with Crippen LogP contribution in [-0.2, 0) is 14.4 Å². The molecule has 6 nitrogen and oxygen atoms in total. The second-order valence-corrected chi connectivity index (χ2v) is 5.04. The van der Waals surface area contributed by atoms with Crippen LogP contribution < -0.4 is 5.32 Å². The molecule has 2 N–H and O–H groups in total. The van der Waals surface area contributed by atoms with Gasteiger partial charge in [0, 0.05) is 26.1 Å². The van der Waals surface area contributed by atoms with Gasteiger partial charge in [-0.25, -0.2) is 0 Å². The first-order chi connectivity index (χ1) is 9.20. The summed E-state index contributed by atoms with van der Waals surface area (Å²) in [5, 5.41) is 11.3. The summed E-state index contributed by atoms with van der Waals surface area (Å²) >= 11 is 0. The predicted octanol–water partition coefficient (Wildman–Crippen LogP) is -0.156. The molecule has 0 saturated carbocycles. The molecule has 0 aromatic carbocycles. The summed E-state index contributed by atoms with van der Waals surface area (Å²) in [6, 6.07) is 0. The summed E-state index contributed by atoms with van der Waals surface area (Å²) in [6.07, 6.45) is -4.73. The summed E-state index contributed by atoms with van der Waals surface area (Å²) in [6.45, 7) is -1.05. The molecule has 0 aliphatic carbocycles. The Morgan fingerprint density at radius 3 is 2.35 bits per heavy atom. The van der Waals surface area contributed by atoms with E-state index in [1.165, 1.54) is 0 Å². The Bertz CT molecular complexity index is 451. The minimum absolute atomic E-state index is 0.0657. The molecule has 20 heavy (non-hydrogen) atoms. The third-order valence-corrected chi connectivity index (χ3v) is 3.70. The van der Waals surface area contributed by atoms with Crippen molar-refractivity contribution in [3.63, 3.8) is 0 Å². The van der Waals surface area contributed by atoms with Crippen LogP contribution in [0, 0.1) is 17.8 Å². The molecule has 2 amide bonds. The van der Waals surface area contributed by atoms with E-state index < -0.39 is 48.9 Å². The van der Waals surface area contributed by atoms with Crippen LogP contribution in [0.3, 0.4) is 0 Å². The molecule has 1 unspecified atom stereocenters. The second-order valence-electron chi connectivity index (χ2n) is 5.04. The Balaban J connectivity index is 2.10. The van der Waals surface area contributed by atoms with Crippen molar-refractivity contribution >= 4 is 17.8 Å². The van der Waals surface area contributed by atoms with Gasteiger partial charge in [0.05, 0.1) is 17.8 Å². The SMILES string of the molecule is O=C1CC(C(=O)N2C[C@@H](C(F)(F)F)[C@H](C(=O)O)C2)CN1. The number of alkyl halides is 3. The predicted molar refractivity (Wildman–Crippen MR) is 58.4 cm³/mol. The van der Waals surface area contributed by atoms with Gasteiger partial charge in [-0.15, -0.1) is 0 Å². The minimum Gasteiger partial charge on any atom is -0.481 e. The van der Waals surface area contributed by atoms with Gasteiger partial charge in [-0.3, -0.25) is 14.4 Å². The molecule has 3 atom stereocenters. The number of amides is 2. The number of halogens is 3. The zero-order valence-corrected chi connectivity index (χ0v) is 10.3. The molecule has 2 aliphatic heterocycles. The zero-order chi connectivity index (χ0) is 15.1. The van der Waals surface area contributed by atoms with Crippen molar-refractivity contribution in [2.24, 2.45) is 17.8 Å². The highest BCUT2D eigenvalue weighted by Gasteiger charge is 2.54. The van der Waals surface area contributed by atoms with Gasteiger partial charge in [-0.2, -0.15) is 13.2 Å². The molecule has 112 valence electrons. The number of carboxylic acid groups (broad SMARTS) is 1. The average molecular weight is 294 g/mol. The number of aliphatic carboxylic acids is 1. The number of likely N-dealkylation sites (tertiary alicyclic amines) is 1. The van der Waals surface area contributed by atoms with E-state index in [1.54, 1.807) is 0 Å². The standard InChI is InChI=1S/C11H13F3N2O4/c12-11(13,14)7-4-16(3-6(7)10(19)20)9(18)5-1-8(17)15-2-5/h5-7H,1-4H2,(H,15,17)(H,19,20)/t5?,6-,7-/m1/s1. The van der Waals surface area contributed by atoms with Crippen molar-refractivity contribution in [3.8, 4) is 0 Å². The Hall–Kier alpha value is -1.80. The van der Waals surface area contributed by atoms with E-state index in [1.807, 2.05) is 0 Å². The number of carbonyl (C=O) groups is 3. The Labute approximate surface area is 111 Å². The molecule has 2 rings (SSSR count). The van der Waals surface area contributed by atoms with Crippen molar-refractivity contribution < 1.29 is 32.7 Å². The number of hydrogen-bond donors (Lipinski definition) is 2. The number of hydrogen-bond acceptors (Lipinski definition) is 3. The third-order valence-electron chi connectivity index (χ3n) is 3.70. The van der Waals surface area contributed by atoms with E-state index >= 15 is 0 Å². The van der Waals surface area contributed by atoms with E-state index in [4.69, 9.17) is 5.11 Å². The van der Waals surface area contributed by atoms with E-state index in [0.717, 1.165) is 4.90 Å². The molecule has 0 radical (unpaired) electrons. The van der Waals surface area contributed by atoms with Crippen LogP contribution in [0.5, 0.6) is 0 Å². The van der Waals surface area contributed by atoms with E-state index in [9.17, 15) is 27.6 Å². The van der Waals surface area contributed by atoms with Crippen molar-refractivity contribution in [1.82, 2.24) is 10.2 Å². The topological polar surface area (TPSA) is 86.7 Å². The Kier molecular flexibility index (Phi) is 3.61. The first kappa shape index (κ1) is 14.6. The molecular weight excluding hydrogens is 281 g/mol. The quantitative estimate of drug-likeness (QED) is 0.741. The van der Waals surface area contributed by atoms with Crippen molar-refractivity contribution in [2.45, 2.75) is 12.6 Å². The molecule has 9 heteroatoms. The fraction of sp³-hybridized carbons (Fsp3) is 0.727. The summed E-state index contributed by atoms with van der Waals surface area (Å²) in [5.74, 6) is -6.91. The number of nitrogens with one attached hydrogen (secondary N) is 1. The number of rotatable bonds is 2. The number of carboxylic acids is 1. The molecular formula is C11H13F3N2O4. The third kappa shape index (κ3) is 2.70. The van der Waals surface area contributed by atoms with Gasteiger partial charge in [-0.05, 0) is 0 Å².